The molecule has 3 nitrogen and oxygen atoms in total. The van der Waals surface area contributed by atoms with Gasteiger partial charge < -0.3 is 0 Å². The molecule has 10 heavy (non-hydrogen) atoms. The van der Waals surface area contributed by atoms with Crippen molar-refractivity contribution in [2.75, 3.05) is 0 Å². The third kappa shape index (κ3) is 0.847. The molecule has 0 unspecified atom stereocenters. The number of aryl methyl sites for hydroxylation is 1. The zero-order valence-corrected chi connectivity index (χ0v) is 5.85. The van der Waals surface area contributed by atoms with Crippen LogP contribution >= 0.6 is 11.6 Å². The maximum Gasteiger partial charge on any atom is 0.230 e. The Balaban J connectivity index is 3.37. The first-order valence-corrected chi connectivity index (χ1v) is 2.82. The quantitative estimate of drug-likeness (QED) is 0.569. The van der Waals surface area contributed by atoms with Crippen LogP contribution in [0.4, 0.5) is 4.39 Å². The van der Waals surface area contributed by atoms with Crippen molar-refractivity contribution in [3.63, 3.8) is 0 Å². The van der Waals surface area contributed by atoms with Gasteiger partial charge in [0.25, 0.3) is 0 Å². The summed E-state index contributed by atoms with van der Waals surface area (Å²) in [4.78, 5) is 0. The summed E-state index contributed by atoms with van der Waals surface area (Å²) in [5.74, 6) is -0.701. The van der Waals surface area contributed by atoms with Crippen molar-refractivity contribution in [3.8, 4) is 6.07 Å². The second kappa shape index (κ2) is 2.27. The molecule has 1 rings (SSSR count). The highest BCUT2D eigenvalue weighted by Crippen LogP contribution is 2.14. The molecule has 0 atom stereocenters. The van der Waals surface area contributed by atoms with Gasteiger partial charge in [-0.1, -0.05) is 11.6 Å². The van der Waals surface area contributed by atoms with Crippen LogP contribution < -0.4 is 0 Å². The molecule has 0 N–H and O–H groups in total. The topological polar surface area (TPSA) is 41.6 Å². The van der Waals surface area contributed by atoms with E-state index in [0.717, 1.165) is 4.68 Å². The SMILES string of the molecule is Cn1nc(Cl)c(C#N)c1F. The van der Waals surface area contributed by atoms with E-state index in [1.54, 1.807) is 6.07 Å². The maximum atomic E-state index is 12.6. The number of hydrogen-bond acceptors (Lipinski definition) is 2. The van der Waals surface area contributed by atoms with Crippen molar-refractivity contribution in [2.24, 2.45) is 7.05 Å². The highest BCUT2D eigenvalue weighted by molar-refractivity contribution is 6.30. The van der Waals surface area contributed by atoms with Gasteiger partial charge in [-0.15, -0.1) is 0 Å². The van der Waals surface area contributed by atoms with Gasteiger partial charge >= 0.3 is 0 Å². The Hall–Kier alpha value is -1.08. The molecule has 1 heterocycles. The van der Waals surface area contributed by atoms with E-state index in [1.165, 1.54) is 7.05 Å². The highest BCUT2D eigenvalue weighted by Gasteiger charge is 2.12. The largest absolute Gasteiger partial charge is 0.240 e. The van der Waals surface area contributed by atoms with Gasteiger partial charge in [-0.3, -0.25) is 0 Å². The summed E-state index contributed by atoms with van der Waals surface area (Å²) in [5, 5.41) is 11.7. The van der Waals surface area contributed by atoms with E-state index in [0.29, 0.717) is 0 Å². The molecule has 0 aliphatic carbocycles. The van der Waals surface area contributed by atoms with Crippen molar-refractivity contribution in [2.45, 2.75) is 0 Å². The van der Waals surface area contributed by atoms with Crippen molar-refractivity contribution < 1.29 is 4.39 Å². The van der Waals surface area contributed by atoms with Gasteiger partial charge in [-0.2, -0.15) is 14.8 Å². The number of aromatic nitrogens is 2. The molecular weight excluding hydrogens is 157 g/mol. The lowest BCUT2D eigenvalue weighted by atomic mass is 10.4. The molecule has 1 aromatic heterocycles. The van der Waals surface area contributed by atoms with Gasteiger partial charge in [0, 0.05) is 7.05 Å². The van der Waals surface area contributed by atoms with Gasteiger partial charge in [0.2, 0.25) is 5.95 Å². The fourth-order valence-corrected chi connectivity index (χ4v) is 0.798. The summed E-state index contributed by atoms with van der Waals surface area (Å²) in [7, 11) is 1.38. The van der Waals surface area contributed by atoms with Crippen LogP contribution in [0.25, 0.3) is 0 Å². The summed E-state index contributed by atoms with van der Waals surface area (Å²) in [6.45, 7) is 0. The van der Waals surface area contributed by atoms with Crippen LogP contribution in [0.1, 0.15) is 5.56 Å². The predicted molar refractivity (Wildman–Crippen MR) is 32.9 cm³/mol. The van der Waals surface area contributed by atoms with E-state index in [-0.39, 0.29) is 10.7 Å². The molecule has 0 aliphatic heterocycles. The first-order chi connectivity index (χ1) is 4.66. The van der Waals surface area contributed by atoms with Crippen molar-refractivity contribution in [1.29, 1.82) is 5.26 Å². The van der Waals surface area contributed by atoms with Crippen LogP contribution in [0, 0.1) is 17.3 Å². The van der Waals surface area contributed by atoms with Gasteiger partial charge in [-0.05, 0) is 0 Å². The molecule has 0 spiro atoms. The zero-order chi connectivity index (χ0) is 7.72. The van der Waals surface area contributed by atoms with E-state index in [1.807, 2.05) is 0 Å². The summed E-state index contributed by atoms with van der Waals surface area (Å²) in [6.07, 6.45) is 0. The van der Waals surface area contributed by atoms with Crippen LogP contribution in [0.15, 0.2) is 0 Å². The molecule has 0 fully saturated rings. The number of nitriles is 1. The molecular formula is C5H3ClFN3. The van der Waals surface area contributed by atoms with Crippen molar-refractivity contribution in [1.82, 2.24) is 9.78 Å². The molecule has 0 radical (unpaired) electrons. The Bertz CT molecular complexity index is 299. The number of nitrogens with zero attached hydrogens (tertiary/aromatic N) is 3. The first-order valence-electron chi connectivity index (χ1n) is 2.45. The summed E-state index contributed by atoms with van der Waals surface area (Å²) < 4.78 is 13.5. The van der Waals surface area contributed by atoms with E-state index in [4.69, 9.17) is 16.9 Å². The number of halogens is 2. The smallest absolute Gasteiger partial charge is 0.230 e. The van der Waals surface area contributed by atoms with E-state index in [9.17, 15) is 4.39 Å². The molecule has 0 amide bonds. The van der Waals surface area contributed by atoms with Gasteiger partial charge in [0.15, 0.2) is 5.15 Å². The molecule has 5 heteroatoms. The summed E-state index contributed by atoms with van der Waals surface area (Å²) >= 11 is 5.36. The Morgan fingerprint density at radius 1 is 1.80 bits per heavy atom. The fourth-order valence-electron chi connectivity index (χ4n) is 0.565. The lowest BCUT2D eigenvalue weighted by Gasteiger charge is -1.84. The number of hydrogen-bond donors (Lipinski definition) is 0. The Morgan fingerprint density at radius 3 is 2.60 bits per heavy atom. The second-order valence-corrected chi connectivity index (χ2v) is 2.05. The van der Waals surface area contributed by atoms with Crippen LogP contribution in [-0.2, 0) is 7.05 Å². The monoisotopic (exact) mass is 159 g/mol. The molecule has 1 aromatic rings. The first kappa shape index (κ1) is 7.03. The van der Waals surface area contributed by atoms with Gasteiger partial charge in [0.05, 0.1) is 0 Å². The molecule has 0 aromatic carbocycles. The summed E-state index contributed by atoms with van der Waals surface area (Å²) in [5.41, 5.74) is -0.204. The van der Waals surface area contributed by atoms with Gasteiger partial charge in [-0.25, -0.2) is 4.68 Å². The average molecular weight is 160 g/mol. The van der Waals surface area contributed by atoms with Crippen LogP contribution in [0.3, 0.4) is 0 Å². The van der Waals surface area contributed by atoms with Crippen molar-refractivity contribution >= 4 is 11.6 Å². The Labute approximate surface area is 61.6 Å². The van der Waals surface area contributed by atoms with Crippen LogP contribution in [0.2, 0.25) is 5.15 Å². The molecule has 0 saturated heterocycles. The molecule has 0 saturated carbocycles. The number of rotatable bonds is 0. The third-order valence-corrected chi connectivity index (χ3v) is 1.31. The Morgan fingerprint density at radius 2 is 2.40 bits per heavy atom. The fraction of sp³-hybridized carbons (Fsp3) is 0.200. The van der Waals surface area contributed by atoms with E-state index < -0.39 is 5.95 Å². The normalized spacial score (nSPS) is 9.40. The van der Waals surface area contributed by atoms with Crippen LogP contribution in [-0.4, -0.2) is 9.78 Å². The maximum absolute atomic E-state index is 12.6. The molecule has 0 aliphatic rings. The lowest BCUT2D eigenvalue weighted by Crippen LogP contribution is -1.93. The van der Waals surface area contributed by atoms with Crippen LogP contribution in [0.5, 0.6) is 0 Å². The minimum absolute atomic E-state index is 0.0949. The van der Waals surface area contributed by atoms with Gasteiger partial charge in [0.1, 0.15) is 11.6 Å². The predicted octanol–water partition coefficient (Wildman–Crippen LogP) is 1.08. The Kier molecular flexibility index (Phi) is 1.60. The highest BCUT2D eigenvalue weighted by atomic mass is 35.5. The molecule has 0 bridgehead atoms. The average Bonchev–Trinajstić information content (AvgIpc) is 2.09. The summed E-state index contributed by atoms with van der Waals surface area (Å²) in [6, 6.07) is 1.59. The molecule has 52 valence electrons. The standard InChI is InChI=1S/C5H3ClFN3/c1-10-5(7)3(2-8)4(6)9-10/h1H3. The third-order valence-electron chi connectivity index (χ3n) is 1.05. The van der Waals surface area contributed by atoms with E-state index >= 15 is 0 Å². The van der Waals surface area contributed by atoms with E-state index in [2.05, 4.69) is 5.10 Å². The zero-order valence-electron chi connectivity index (χ0n) is 5.10. The second-order valence-electron chi connectivity index (χ2n) is 1.69. The van der Waals surface area contributed by atoms with Crippen molar-refractivity contribution in [3.05, 3.63) is 16.7 Å². The minimum atomic E-state index is -0.701. The lowest BCUT2D eigenvalue weighted by molar-refractivity contribution is 0.502. The minimum Gasteiger partial charge on any atom is -0.240 e.